The van der Waals surface area contributed by atoms with Crippen molar-refractivity contribution in [2.24, 2.45) is 0 Å². The third kappa shape index (κ3) is 5.07. The highest BCUT2D eigenvalue weighted by molar-refractivity contribution is 6.15. The van der Waals surface area contributed by atoms with E-state index in [1.165, 1.54) is 38.5 Å². The lowest BCUT2D eigenvalue weighted by molar-refractivity contribution is 1.02. The lowest BCUT2D eigenvalue weighted by Gasteiger charge is -2.16. The number of hydrogen-bond donors (Lipinski definition) is 0. The fraction of sp³-hybridized carbons (Fsp3) is 0.0400. The first-order valence-corrected chi connectivity index (χ1v) is 18.4. The van der Waals surface area contributed by atoms with Crippen molar-refractivity contribution in [1.82, 2.24) is 19.1 Å². The second kappa shape index (κ2) is 12.9. The normalized spacial score (nSPS) is 11.5. The van der Waals surface area contributed by atoms with Crippen LogP contribution in [0.25, 0.3) is 89.2 Å². The molecule has 4 nitrogen and oxygen atoms in total. The van der Waals surface area contributed by atoms with Gasteiger partial charge in [-0.2, -0.15) is 0 Å². The van der Waals surface area contributed by atoms with Gasteiger partial charge in [0.05, 0.1) is 33.6 Å². The molecule has 10 rings (SSSR count). The highest BCUT2D eigenvalue weighted by Gasteiger charge is 2.26. The van der Waals surface area contributed by atoms with E-state index in [-0.39, 0.29) is 0 Å². The molecule has 4 heteroatoms. The smallest absolute Gasteiger partial charge is 0.162 e. The fourth-order valence-electron chi connectivity index (χ4n) is 8.21. The van der Waals surface area contributed by atoms with Gasteiger partial charge in [-0.1, -0.05) is 158 Å². The molecule has 7 aromatic carbocycles. The van der Waals surface area contributed by atoms with Crippen LogP contribution < -0.4 is 0 Å². The van der Waals surface area contributed by atoms with Crippen LogP contribution in [0.3, 0.4) is 0 Å². The zero-order valence-electron chi connectivity index (χ0n) is 30.1. The molecule has 0 fully saturated rings. The van der Waals surface area contributed by atoms with Gasteiger partial charge < -0.3 is 4.57 Å². The third-order valence-corrected chi connectivity index (χ3v) is 10.7. The highest BCUT2D eigenvalue weighted by Crippen LogP contribution is 2.45. The average molecular weight is 693 g/mol. The number of fused-ring (bicyclic) bond motifs is 4. The summed E-state index contributed by atoms with van der Waals surface area (Å²) >= 11 is 0. The molecular formula is C50H36N4. The summed E-state index contributed by atoms with van der Waals surface area (Å²) in [5.41, 5.74) is 14.6. The number of nitrogens with zero attached hydrogens (tertiary/aromatic N) is 4. The number of benzene rings is 7. The van der Waals surface area contributed by atoms with Crippen LogP contribution in [0.1, 0.15) is 11.1 Å². The molecule has 0 aliphatic carbocycles. The van der Waals surface area contributed by atoms with Gasteiger partial charge in [-0.05, 0) is 54.3 Å². The molecule has 0 bridgehead atoms. The number of hydrogen-bond acceptors (Lipinski definition) is 2. The summed E-state index contributed by atoms with van der Waals surface area (Å²) in [7, 11) is 0. The largest absolute Gasteiger partial charge is 0.306 e. The van der Waals surface area contributed by atoms with Crippen molar-refractivity contribution < 1.29 is 0 Å². The molecule has 0 aliphatic heterocycles. The van der Waals surface area contributed by atoms with Gasteiger partial charge in [0.1, 0.15) is 5.82 Å². The molecule has 0 atom stereocenters. The van der Waals surface area contributed by atoms with Gasteiger partial charge in [0.25, 0.3) is 0 Å². The van der Waals surface area contributed by atoms with Crippen LogP contribution in [0.4, 0.5) is 0 Å². The quantitative estimate of drug-likeness (QED) is 0.174. The zero-order chi connectivity index (χ0) is 36.2. The molecule has 0 aliphatic rings. The van der Waals surface area contributed by atoms with E-state index in [1.54, 1.807) is 0 Å². The maximum Gasteiger partial charge on any atom is 0.162 e. The number of aromatic nitrogens is 4. The van der Waals surface area contributed by atoms with E-state index in [0.29, 0.717) is 5.82 Å². The van der Waals surface area contributed by atoms with E-state index in [2.05, 4.69) is 181 Å². The van der Waals surface area contributed by atoms with Crippen molar-refractivity contribution in [3.05, 3.63) is 193 Å². The molecule has 0 amide bonds. The fourth-order valence-corrected chi connectivity index (χ4v) is 8.21. The maximum absolute atomic E-state index is 5.37. The molecule has 10 aromatic rings. The molecule has 54 heavy (non-hydrogen) atoms. The van der Waals surface area contributed by atoms with Crippen molar-refractivity contribution in [3.63, 3.8) is 0 Å². The minimum absolute atomic E-state index is 0.682. The first-order chi connectivity index (χ1) is 26.7. The molecule has 0 radical (unpaired) electrons. The van der Waals surface area contributed by atoms with Crippen LogP contribution in [0.5, 0.6) is 0 Å². The lowest BCUT2D eigenvalue weighted by Crippen LogP contribution is -2.05. The highest BCUT2D eigenvalue weighted by atomic mass is 15.1. The Labute approximate surface area is 314 Å². The van der Waals surface area contributed by atoms with Crippen LogP contribution in [0.15, 0.2) is 182 Å². The van der Waals surface area contributed by atoms with Crippen molar-refractivity contribution in [2.75, 3.05) is 0 Å². The summed E-state index contributed by atoms with van der Waals surface area (Å²) in [6, 6.07) is 64.4. The first-order valence-electron chi connectivity index (χ1n) is 18.4. The van der Waals surface area contributed by atoms with E-state index in [1.807, 2.05) is 24.3 Å². The Morgan fingerprint density at radius 1 is 0.426 bits per heavy atom. The Balaban J connectivity index is 1.34. The monoisotopic (exact) mass is 692 g/mol. The summed E-state index contributed by atoms with van der Waals surface area (Å²) in [6.07, 6.45) is 0. The Morgan fingerprint density at radius 3 is 1.70 bits per heavy atom. The van der Waals surface area contributed by atoms with Gasteiger partial charge in [-0.25, -0.2) is 9.97 Å². The second-order valence-corrected chi connectivity index (χ2v) is 13.9. The molecule has 3 aromatic heterocycles. The lowest BCUT2D eigenvalue weighted by atomic mass is 9.94. The summed E-state index contributed by atoms with van der Waals surface area (Å²) in [5, 5.41) is 3.64. The molecule has 0 spiro atoms. The van der Waals surface area contributed by atoms with Crippen LogP contribution in [0.2, 0.25) is 0 Å². The van der Waals surface area contributed by atoms with E-state index >= 15 is 0 Å². The standard InChI is InChI=1S/C50H36N4/c1-33-18-12-13-25-38(33)39-30-31-45-47(34(39)2)40-26-14-16-28-43(40)53(45)49-41-27-15-17-29-44(41)54(48(49)36-21-8-4-9-22-36)46-32-42(35-19-6-3-7-20-35)51-50(52-46)37-23-10-5-11-24-37/h3-32H,1-2H3. The minimum Gasteiger partial charge on any atom is -0.306 e. The topological polar surface area (TPSA) is 35.6 Å². The SMILES string of the molecule is Cc1ccccc1-c1ccc2c(c1C)c1ccccc1n2-c1c(-c2ccccc2)n(-c2cc(-c3ccccc3)nc(-c3ccccc3)n2)c2ccccc12. The van der Waals surface area contributed by atoms with Crippen molar-refractivity contribution in [3.8, 4) is 56.5 Å². The summed E-state index contributed by atoms with van der Waals surface area (Å²) in [6.45, 7) is 4.47. The van der Waals surface area contributed by atoms with Gasteiger partial charge in [-0.3, -0.25) is 4.57 Å². The number of rotatable bonds is 6. The summed E-state index contributed by atoms with van der Waals surface area (Å²) < 4.78 is 4.83. The van der Waals surface area contributed by atoms with Gasteiger partial charge in [0.2, 0.25) is 0 Å². The Hall–Kier alpha value is -7.04. The van der Waals surface area contributed by atoms with E-state index in [4.69, 9.17) is 9.97 Å². The second-order valence-electron chi connectivity index (χ2n) is 13.9. The average Bonchev–Trinajstić information content (AvgIpc) is 3.75. The maximum atomic E-state index is 5.37. The number of aryl methyl sites for hydroxylation is 2. The summed E-state index contributed by atoms with van der Waals surface area (Å²) in [4.78, 5) is 10.5. The summed E-state index contributed by atoms with van der Waals surface area (Å²) in [5.74, 6) is 1.49. The van der Waals surface area contributed by atoms with Gasteiger partial charge in [0, 0.05) is 38.9 Å². The van der Waals surface area contributed by atoms with Crippen LogP contribution in [0, 0.1) is 13.8 Å². The number of para-hydroxylation sites is 2. The molecule has 0 saturated carbocycles. The molecule has 0 saturated heterocycles. The van der Waals surface area contributed by atoms with Crippen LogP contribution in [-0.4, -0.2) is 19.1 Å². The predicted molar refractivity (Wildman–Crippen MR) is 224 cm³/mol. The van der Waals surface area contributed by atoms with Gasteiger partial charge >= 0.3 is 0 Å². The molecular weight excluding hydrogens is 657 g/mol. The van der Waals surface area contributed by atoms with Crippen LogP contribution >= 0.6 is 0 Å². The van der Waals surface area contributed by atoms with Crippen molar-refractivity contribution in [1.29, 1.82) is 0 Å². The van der Waals surface area contributed by atoms with Gasteiger partial charge in [-0.15, -0.1) is 0 Å². The van der Waals surface area contributed by atoms with E-state index in [9.17, 15) is 0 Å². The van der Waals surface area contributed by atoms with Gasteiger partial charge in [0.15, 0.2) is 5.82 Å². The van der Waals surface area contributed by atoms with E-state index < -0.39 is 0 Å². The first kappa shape index (κ1) is 31.7. The van der Waals surface area contributed by atoms with Crippen molar-refractivity contribution in [2.45, 2.75) is 13.8 Å². The molecule has 0 N–H and O–H groups in total. The predicted octanol–water partition coefficient (Wildman–Crippen LogP) is 12.8. The zero-order valence-corrected chi connectivity index (χ0v) is 30.1. The molecule has 0 unspecified atom stereocenters. The van der Waals surface area contributed by atoms with Crippen LogP contribution in [-0.2, 0) is 0 Å². The minimum atomic E-state index is 0.682. The van der Waals surface area contributed by atoms with Crippen molar-refractivity contribution >= 4 is 32.7 Å². The Kier molecular flexibility index (Phi) is 7.55. The Morgan fingerprint density at radius 2 is 1.00 bits per heavy atom. The molecule has 256 valence electrons. The third-order valence-electron chi connectivity index (χ3n) is 10.7. The Bertz CT molecular complexity index is 2930. The molecule has 3 heterocycles. The van der Waals surface area contributed by atoms with E-state index in [0.717, 1.165) is 56.0 Å².